The van der Waals surface area contributed by atoms with Gasteiger partial charge in [0.05, 0.1) is 18.7 Å². The predicted octanol–water partition coefficient (Wildman–Crippen LogP) is 2.71. The Hall–Kier alpha value is -0.970. The van der Waals surface area contributed by atoms with E-state index in [1.807, 2.05) is 0 Å². The molecular weight excluding hydrogens is 278 g/mol. The van der Waals surface area contributed by atoms with E-state index in [-0.39, 0.29) is 6.61 Å². The quantitative estimate of drug-likeness (QED) is 0.877. The molecule has 1 aromatic rings. The van der Waals surface area contributed by atoms with Crippen LogP contribution >= 0.6 is 11.6 Å². The van der Waals surface area contributed by atoms with Gasteiger partial charge < -0.3 is 14.6 Å². The molecule has 112 valence electrons. The van der Waals surface area contributed by atoms with E-state index in [4.69, 9.17) is 26.2 Å². The minimum Gasteiger partial charge on any atom is -0.493 e. The summed E-state index contributed by atoms with van der Waals surface area (Å²) in [4.78, 5) is 2.41. The summed E-state index contributed by atoms with van der Waals surface area (Å²) in [6, 6.07) is 3.46. The van der Waals surface area contributed by atoms with Crippen molar-refractivity contribution in [3.05, 3.63) is 22.7 Å². The Morgan fingerprint density at radius 2 is 2.00 bits per heavy atom. The lowest BCUT2D eigenvalue weighted by atomic mass is 10.1. The molecule has 1 saturated heterocycles. The zero-order valence-electron chi connectivity index (χ0n) is 11.9. The van der Waals surface area contributed by atoms with Crippen LogP contribution in [0, 0.1) is 0 Å². The van der Waals surface area contributed by atoms with E-state index >= 15 is 0 Å². The average Bonchev–Trinajstić information content (AvgIpc) is 2.49. The monoisotopic (exact) mass is 299 g/mol. The third-order valence-electron chi connectivity index (χ3n) is 3.57. The molecule has 1 aliphatic rings. The second-order valence-corrected chi connectivity index (χ2v) is 5.43. The summed E-state index contributed by atoms with van der Waals surface area (Å²) in [7, 11) is 1.57. The number of halogens is 1. The van der Waals surface area contributed by atoms with Gasteiger partial charge in [-0.05, 0) is 43.6 Å². The number of benzene rings is 1. The minimum absolute atomic E-state index is 0.0653. The maximum Gasteiger partial charge on any atom is 0.179 e. The molecule has 1 aromatic carbocycles. The highest BCUT2D eigenvalue weighted by Crippen LogP contribution is 2.36. The van der Waals surface area contributed by atoms with Gasteiger partial charge in [-0.15, -0.1) is 0 Å². The third kappa shape index (κ3) is 4.01. The van der Waals surface area contributed by atoms with Gasteiger partial charge in [-0.3, -0.25) is 4.90 Å². The summed E-state index contributed by atoms with van der Waals surface area (Å²) in [5.74, 6) is 1.13. The predicted molar refractivity (Wildman–Crippen MR) is 79.7 cm³/mol. The molecule has 2 rings (SSSR count). The smallest absolute Gasteiger partial charge is 0.179 e. The number of nitrogens with zero attached hydrogens (tertiary/aromatic N) is 1. The van der Waals surface area contributed by atoms with E-state index in [1.165, 1.54) is 19.3 Å². The minimum atomic E-state index is -0.0653. The Balaban J connectivity index is 1.94. The Morgan fingerprint density at radius 1 is 1.25 bits per heavy atom. The number of hydrogen-bond acceptors (Lipinski definition) is 4. The number of aliphatic hydroxyl groups excluding tert-OH is 1. The van der Waals surface area contributed by atoms with Crippen molar-refractivity contribution < 1.29 is 14.6 Å². The normalized spacial score (nSPS) is 16.1. The number of rotatable bonds is 6. The van der Waals surface area contributed by atoms with E-state index in [0.29, 0.717) is 23.1 Å². The first-order chi connectivity index (χ1) is 9.74. The highest BCUT2D eigenvalue weighted by Gasteiger charge is 2.14. The van der Waals surface area contributed by atoms with Gasteiger partial charge in [0.25, 0.3) is 0 Å². The van der Waals surface area contributed by atoms with Crippen LogP contribution in [0.25, 0.3) is 0 Å². The first kappa shape index (κ1) is 15.4. The molecule has 0 aromatic heterocycles. The van der Waals surface area contributed by atoms with Crippen molar-refractivity contribution in [2.24, 2.45) is 0 Å². The molecule has 0 spiro atoms. The maximum absolute atomic E-state index is 9.16. The number of likely N-dealkylation sites (tertiary alicyclic amines) is 1. The van der Waals surface area contributed by atoms with Crippen LogP contribution in [-0.4, -0.2) is 43.4 Å². The number of ether oxygens (including phenoxy) is 2. The summed E-state index contributed by atoms with van der Waals surface area (Å²) >= 11 is 6.18. The summed E-state index contributed by atoms with van der Waals surface area (Å²) in [5, 5.41) is 9.64. The van der Waals surface area contributed by atoms with E-state index in [2.05, 4.69) is 4.90 Å². The largest absolute Gasteiger partial charge is 0.493 e. The van der Waals surface area contributed by atoms with Crippen LogP contribution in [0.4, 0.5) is 0 Å². The van der Waals surface area contributed by atoms with E-state index < -0.39 is 0 Å². The van der Waals surface area contributed by atoms with E-state index in [0.717, 1.165) is 25.2 Å². The van der Waals surface area contributed by atoms with Crippen LogP contribution in [-0.2, 0) is 6.61 Å². The van der Waals surface area contributed by atoms with Crippen molar-refractivity contribution in [3.63, 3.8) is 0 Å². The molecule has 0 unspecified atom stereocenters. The fourth-order valence-corrected chi connectivity index (χ4v) is 2.75. The summed E-state index contributed by atoms with van der Waals surface area (Å²) in [6.07, 6.45) is 3.88. The van der Waals surface area contributed by atoms with Crippen molar-refractivity contribution in [2.75, 3.05) is 33.4 Å². The third-order valence-corrected chi connectivity index (χ3v) is 3.86. The van der Waals surface area contributed by atoms with Crippen LogP contribution in [0.1, 0.15) is 24.8 Å². The molecule has 1 N–H and O–H groups in total. The van der Waals surface area contributed by atoms with Crippen molar-refractivity contribution in [1.82, 2.24) is 4.90 Å². The summed E-state index contributed by atoms with van der Waals surface area (Å²) in [6.45, 7) is 3.73. The number of piperidine rings is 1. The fraction of sp³-hybridized carbons (Fsp3) is 0.600. The second-order valence-electron chi connectivity index (χ2n) is 5.02. The van der Waals surface area contributed by atoms with Crippen LogP contribution in [0.5, 0.6) is 11.5 Å². The van der Waals surface area contributed by atoms with Crippen LogP contribution in [0.3, 0.4) is 0 Å². The average molecular weight is 300 g/mol. The highest BCUT2D eigenvalue weighted by molar-refractivity contribution is 6.32. The Bertz CT molecular complexity index is 433. The zero-order chi connectivity index (χ0) is 14.4. The molecule has 0 bridgehead atoms. The molecule has 1 fully saturated rings. The highest BCUT2D eigenvalue weighted by atomic mass is 35.5. The molecule has 5 heteroatoms. The lowest BCUT2D eigenvalue weighted by molar-refractivity contribution is 0.180. The van der Waals surface area contributed by atoms with Gasteiger partial charge in [-0.25, -0.2) is 0 Å². The Kier molecular flexibility index (Phi) is 5.95. The van der Waals surface area contributed by atoms with Crippen molar-refractivity contribution in [1.29, 1.82) is 0 Å². The van der Waals surface area contributed by atoms with Crippen LogP contribution in [0.2, 0.25) is 5.02 Å². The number of methoxy groups -OCH3 is 1. The van der Waals surface area contributed by atoms with Gasteiger partial charge in [-0.1, -0.05) is 18.0 Å². The van der Waals surface area contributed by atoms with E-state index in [9.17, 15) is 0 Å². The molecule has 0 aliphatic carbocycles. The van der Waals surface area contributed by atoms with Gasteiger partial charge in [0.15, 0.2) is 11.5 Å². The van der Waals surface area contributed by atoms with Gasteiger partial charge in [0.1, 0.15) is 6.61 Å². The van der Waals surface area contributed by atoms with Gasteiger partial charge in [0, 0.05) is 6.54 Å². The van der Waals surface area contributed by atoms with Gasteiger partial charge >= 0.3 is 0 Å². The Morgan fingerprint density at radius 3 is 2.65 bits per heavy atom. The van der Waals surface area contributed by atoms with Crippen LogP contribution < -0.4 is 9.47 Å². The first-order valence-corrected chi connectivity index (χ1v) is 7.45. The van der Waals surface area contributed by atoms with Gasteiger partial charge in [-0.2, -0.15) is 0 Å². The lowest BCUT2D eigenvalue weighted by Gasteiger charge is -2.26. The number of hydrogen-bond donors (Lipinski definition) is 1. The number of aliphatic hydroxyl groups is 1. The maximum atomic E-state index is 9.16. The van der Waals surface area contributed by atoms with Crippen molar-refractivity contribution in [3.8, 4) is 11.5 Å². The fourth-order valence-electron chi connectivity index (χ4n) is 2.46. The molecule has 1 aliphatic heterocycles. The lowest BCUT2D eigenvalue weighted by Crippen LogP contribution is -2.33. The zero-order valence-corrected chi connectivity index (χ0v) is 12.7. The summed E-state index contributed by atoms with van der Waals surface area (Å²) in [5.41, 5.74) is 0.718. The van der Waals surface area contributed by atoms with Gasteiger partial charge in [0.2, 0.25) is 0 Å². The van der Waals surface area contributed by atoms with Crippen molar-refractivity contribution in [2.45, 2.75) is 25.9 Å². The van der Waals surface area contributed by atoms with E-state index in [1.54, 1.807) is 19.2 Å². The molecule has 0 atom stereocenters. The molecule has 20 heavy (non-hydrogen) atoms. The molecule has 0 saturated carbocycles. The summed E-state index contributed by atoms with van der Waals surface area (Å²) < 4.78 is 11.1. The first-order valence-electron chi connectivity index (χ1n) is 7.07. The van der Waals surface area contributed by atoms with Crippen LogP contribution in [0.15, 0.2) is 12.1 Å². The molecule has 1 heterocycles. The Labute approximate surface area is 125 Å². The molecule has 4 nitrogen and oxygen atoms in total. The SMILES string of the molecule is COc1cc(CO)cc(Cl)c1OCCN1CCCCC1. The molecular formula is C15H22ClNO3. The van der Waals surface area contributed by atoms with Crippen molar-refractivity contribution >= 4 is 11.6 Å². The molecule has 0 radical (unpaired) electrons. The topological polar surface area (TPSA) is 41.9 Å². The standard InChI is InChI=1S/C15H22ClNO3/c1-19-14-10-12(11-18)9-13(16)15(14)20-8-7-17-5-3-2-4-6-17/h9-10,18H,2-8,11H2,1H3. The molecule has 0 amide bonds. The second kappa shape index (κ2) is 7.72.